The Kier molecular flexibility index (Phi) is 10.5. The first-order valence-corrected chi connectivity index (χ1v) is 17.6. The van der Waals surface area contributed by atoms with Crippen molar-refractivity contribution >= 4 is 11.5 Å². The second kappa shape index (κ2) is 15.9. The third-order valence-corrected chi connectivity index (χ3v) is 9.52. The lowest BCUT2D eigenvalue weighted by Crippen LogP contribution is -2.39. The van der Waals surface area contributed by atoms with Gasteiger partial charge in [0.15, 0.2) is 0 Å². The number of benzene rings is 7. The van der Waals surface area contributed by atoms with E-state index in [1.807, 2.05) is 115 Å². The molecule has 7 rings (SSSR count). The van der Waals surface area contributed by atoms with Gasteiger partial charge in [-0.15, -0.1) is 0 Å². The number of nitrogens with one attached hydrogen (secondary N) is 2. The number of methoxy groups -OCH3 is 1. The molecular weight excluding hydrogens is 677 g/mol. The number of hydrogen-bond acceptors (Lipinski definition) is 4. The Bertz CT molecular complexity index is 2230. The van der Waals surface area contributed by atoms with Crippen LogP contribution in [0.2, 0.25) is 0 Å². The maximum absolute atomic E-state index is 14.4. The third-order valence-electron chi connectivity index (χ3n) is 9.52. The average Bonchev–Trinajstić information content (AvgIpc) is 3.20. The van der Waals surface area contributed by atoms with E-state index >= 15 is 0 Å². The first-order chi connectivity index (χ1) is 26.3. The normalized spacial score (nSPS) is 11.2. The highest BCUT2D eigenvalue weighted by molar-refractivity contribution is 6.02. The third kappa shape index (κ3) is 7.71. The zero-order valence-corrected chi connectivity index (χ0v) is 29.7. The van der Waals surface area contributed by atoms with Crippen LogP contribution in [0.3, 0.4) is 0 Å². The molecule has 0 bridgehead atoms. The number of nitrogens with two attached hydrogens (primary N) is 1. The van der Waals surface area contributed by atoms with E-state index in [2.05, 4.69) is 41.7 Å². The quantitative estimate of drug-likeness (QED) is 0.0631. The lowest BCUT2D eigenvalue weighted by atomic mass is 9.76. The fourth-order valence-corrected chi connectivity index (χ4v) is 6.92. The molecule has 0 aromatic heterocycles. The van der Waals surface area contributed by atoms with Crippen molar-refractivity contribution in [2.45, 2.75) is 18.6 Å². The predicted octanol–water partition coefficient (Wildman–Crippen LogP) is 10.5. The van der Waals surface area contributed by atoms with E-state index < -0.39 is 17.2 Å². The molecule has 0 saturated carbocycles. The van der Waals surface area contributed by atoms with Crippen LogP contribution < -0.4 is 20.5 Å². The second-order valence-corrected chi connectivity index (χ2v) is 13.1. The molecule has 0 saturated heterocycles. The van der Waals surface area contributed by atoms with Gasteiger partial charge in [0.1, 0.15) is 41.1 Å². The standard InChI is InChI=1S/C47H39F2N3O2/c1-53-41-21-17-32(18-22-41)31-54-42-23-19-34(20-24-42)43-30-45(44(46(50)51)28-35(43)25-33-26-39(48)29-40(49)27-33)52-47(36-11-5-2-6-12-36,37-13-7-3-8-14-37)38-15-9-4-10-16-38/h2-24,26-30,52H,25,31H2,1H3,(H3,50,51). The van der Waals surface area contributed by atoms with Crippen molar-refractivity contribution in [3.63, 3.8) is 0 Å². The molecule has 0 atom stereocenters. The summed E-state index contributed by atoms with van der Waals surface area (Å²) in [5.41, 5.74) is 13.3. The molecular formula is C47H39F2N3O2. The Morgan fingerprint density at radius 2 is 1.15 bits per heavy atom. The van der Waals surface area contributed by atoms with Gasteiger partial charge in [-0.2, -0.15) is 0 Å². The molecule has 0 amide bonds. The summed E-state index contributed by atoms with van der Waals surface area (Å²) in [6, 6.07) is 53.3. The van der Waals surface area contributed by atoms with E-state index in [1.165, 1.54) is 12.1 Å². The van der Waals surface area contributed by atoms with Gasteiger partial charge in [0.25, 0.3) is 0 Å². The number of amidine groups is 1. The van der Waals surface area contributed by atoms with E-state index in [-0.39, 0.29) is 12.3 Å². The van der Waals surface area contributed by atoms with Crippen molar-refractivity contribution in [3.05, 3.63) is 220 Å². The number of ether oxygens (including phenoxy) is 2. The van der Waals surface area contributed by atoms with Gasteiger partial charge in [0, 0.05) is 17.3 Å². The monoisotopic (exact) mass is 715 g/mol. The number of nitrogen functional groups attached to an aromatic ring is 1. The zero-order valence-electron chi connectivity index (χ0n) is 29.7. The summed E-state index contributed by atoms with van der Waals surface area (Å²) in [6.45, 7) is 0.377. The second-order valence-electron chi connectivity index (χ2n) is 13.1. The Balaban J connectivity index is 1.37. The molecule has 0 aliphatic heterocycles. The van der Waals surface area contributed by atoms with Gasteiger partial charge in [-0.05, 0) is 99.5 Å². The van der Waals surface area contributed by atoms with E-state index in [0.717, 1.165) is 50.8 Å². The highest BCUT2D eigenvalue weighted by Gasteiger charge is 2.37. The minimum Gasteiger partial charge on any atom is -0.497 e. The lowest BCUT2D eigenvalue weighted by molar-refractivity contribution is 0.306. The topological polar surface area (TPSA) is 80.4 Å². The maximum atomic E-state index is 14.4. The van der Waals surface area contributed by atoms with Gasteiger partial charge in [0.05, 0.1) is 7.11 Å². The Labute approximate surface area is 314 Å². The Hall–Kier alpha value is -6.73. The van der Waals surface area contributed by atoms with Gasteiger partial charge in [-0.3, -0.25) is 5.41 Å². The maximum Gasteiger partial charge on any atom is 0.126 e. The number of hydrogen-bond donors (Lipinski definition) is 3. The van der Waals surface area contributed by atoms with E-state index in [1.54, 1.807) is 7.11 Å². The fraction of sp³-hybridized carbons (Fsp3) is 0.0851. The van der Waals surface area contributed by atoms with Crippen LogP contribution in [0.5, 0.6) is 11.5 Å². The summed E-state index contributed by atoms with van der Waals surface area (Å²) in [6.07, 6.45) is 0.196. The van der Waals surface area contributed by atoms with Gasteiger partial charge < -0.3 is 20.5 Å². The summed E-state index contributed by atoms with van der Waals surface area (Å²) in [5, 5.41) is 12.7. The molecule has 0 radical (unpaired) electrons. The van der Waals surface area contributed by atoms with Crippen LogP contribution in [0, 0.1) is 17.0 Å². The first-order valence-electron chi connectivity index (χ1n) is 17.6. The largest absolute Gasteiger partial charge is 0.497 e. The SMILES string of the molecule is COc1ccc(COc2ccc(-c3cc(NC(c4ccccc4)(c4ccccc4)c4ccccc4)c(C(=N)N)cc3Cc3cc(F)cc(F)c3)cc2)cc1. The Morgan fingerprint density at radius 3 is 1.65 bits per heavy atom. The van der Waals surface area contributed by atoms with Crippen LogP contribution in [-0.4, -0.2) is 12.9 Å². The van der Waals surface area contributed by atoms with Crippen molar-refractivity contribution in [2.75, 3.05) is 12.4 Å². The highest BCUT2D eigenvalue weighted by atomic mass is 19.1. The minimum atomic E-state index is -0.905. The van der Waals surface area contributed by atoms with Crippen molar-refractivity contribution in [2.24, 2.45) is 5.73 Å². The molecule has 0 unspecified atom stereocenters. The fourth-order valence-electron chi connectivity index (χ4n) is 6.92. The molecule has 7 aromatic carbocycles. The predicted molar refractivity (Wildman–Crippen MR) is 212 cm³/mol. The van der Waals surface area contributed by atoms with Crippen LogP contribution in [0.1, 0.15) is 38.9 Å². The van der Waals surface area contributed by atoms with E-state index in [9.17, 15) is 8.78 Å². The van der Waals surface area contributed by atoms with E-state index in [0.29, 0.717) is 29.2 Å². The van der Waals surface area contributed by atoms with Crippen molar-refractivity contribution < 1.29 is 18.3 Å². The molecule has 0 aliphatic carbocycles. The van der Waals surface area contributed by atoms with Gasteiger partial charge >= 0.3 is 0 Å². The molecule has 268 valence electrons. The molecule has 5 nitrogen and oxygen atoms in total. The number of halogens is 2. The molecule has 7 heteroatoms. The number of rotatable bonds is 13. The van der Waals surface area contributed by atoms with Gasteiger partial charge in [0.2, 0.25) is 0 Å². The van der Waals surface area contributed by atoms with Crippen molar-refractivity contribution in [3.8, 4) is 22.6 Å². The van der Waals surface area contributed by atoms with Crippen LogP contribution in [0.25, 0.3) is 11.1 Å². The number of anilines is 1. The summed E-state index contributed by atoms with van der Waals surface area (Å²) in [4.78, 5) is 0. The lowest BCUT2D eigenvalue weighted by Gasteiger charge is -2.38. The molecule has 0 fully saturated rings. The zero-order chi connectivity index (χ0) is 37.5. The average molecular weight is 716 g/mol. The van der Waals surface area contributed by atoms with E-state index in [4.69, 9.17) is 20.6 Å². The van der Waals surface area contributed by atoms with Crippen LogP contribution in [0.15, 0.2) is 170 Å². The summed E-state index contributed by atoms with van der Waals surface area (Å²) < 4.78 is 40.3. The molecule has 54 heavy (non-hydrogen) atoms. The molecule has 7 aromatic rings. The smallest absolute Gasteiger partial charge is 0.126 e. The van der Waals surface area contributed by atoms with Crippen LogP contribution >= 0.6 is 0 Å². The summed E-state index contributed by atoms with van der Waals surface area (Å²) in [7, 11) is 1.63. The minimum absolute atomic E-state index is 0.152. The van der Waals surface area contributed by atoms with Crippen LogP contribution in [-0.2, 0) is 18.6 Å². The first kappa shape index (κ1) is 35.7. The molecule has 0 spiro atoms. The van der Waals surface area contributed by atoms with Gasteiger partial charge in [-0.25, -0.2) is 8.78 Å². The molecule has 4 N–H and O–H groups in total. The summed E-state index contributed by atoms with van der Waals surface area (Å²) in [5.74, 6) is -0.0147. The van der Waals surface area contributed by atoms with Crippen LogP contribution in [0.4, 0.5) is 14.5 Å². The highest BCUT2D eigenvalue weighted by Crippen LogP contribution is 2.42. The van der Waals surface area contributed by atoms with Crippen molar-refractivity contribution in [1.82, 2.24) is 0 Å². The molecule has 0 aliphatic rings. The van der Waals surface area contributed by atoms with Crippen molar-refractivity contribution in [1.29, 1.82) is 5.41 Å². The molecule has 0 heterocycles. The Morgan fingerprint density at radius 1 is 0.630 bits per heavy atom. The van der Waals surface area contributed by atoms with Gasteiger partial charge in [-0.1, -0.05) is 115 Å². The summed E-state index contributed by atoms with van der Waals surface area (Å²) >= 11 is 0.